The van der Waals surface area contributed by atoms with Crippen LogP contribution in [0.25, 0.3) is 11.1 Å². The first-order chi connectivity index (χ1) is 18.8. The molecule has 1 amide bonds. The van der Waals surface area contributed by atoms with Gasteiger partial charge in [0.25, 0.3) is 0 Å². The van der Waals surface area contributed by atoms with Gasteiger partial charge in [0.2, 0.25) is 11.8 Å². The Morgan fingerprint density at radius 1 is 1.10 bits per heavy atom. The van der Waals surface area contributed by atoms with Gasteiger partial charge in [-0.3, -0.25) is 9.48 Å². The summed E-state index contributed by atoms with van der Waals surface area (Å²) in [7, 11) is 0. The molecule has 7 aliphatic carbocycles. The first kappa shape index (κ1) is 23.8. The lowest BCUT2D eigenvalue weighted by molar-refractivity contribution is -0.211. The minimum absolute atomic E-state index is 0.00938. The van der Waals surface area contributed by atoms with Crippen molar-refractivity contribution in [1.29, 1.82) is 0 Å². The molecule has 7 saturated carbocycles. The number of rotatable bonds is 8. The Bertz CT molecular complexity index is 1410. The topological polar surface area (TPSA) is 77.0 Å². The van der Waals surface area contributed by atoms with Crippen LogP contribution in [0.15, 0.2) is 41.2 Å². The van der Waals surface area contributed by atoms with E-state index in [-0.39, 0.29) is 16.7 Å². The third kappa shape index (κ3) is 3.66. The molecule has 7 aliphatic rings. The van der Waals surface area contributed by atoms with Gasteiger partial charge in [-0.05, 0) is 101 Å². The van der Waals surface area contributed by atoms with E-state index < -0.39 is 11.1 Å². The first-order valence-electron chi connectivity index (χ1n) is 14.8. The zero-order chi connectivity index (χ0) is 26.5. The fourth-order valence-corrected chi connectivity index (χ4v) is 8.11. The van der Waals surface area contributed by atoms with Crippen molar-refractivity contribution >= 4 is 11.6 Å². The molecule has 39 heavy (non-hydrogen) atoms. The molecule has 0 spiro atoms. The SMILES string of the molecule is CCn1cc(-c2cccc(N(CC34CCC(c5nc(C6CC6)no5)(CC3)CC4)C(=O)C34CC(F)(C3)C4)c2)cn1. The number of alkyl halides is 1. The van der Waals surface area contributed by atoms with E-state index in [0.29, 0.717) is 31.7 Å². The summed E-state index contributed by atoms with van der Waals surface area (Å²) in [5.41, 5.74) is 1.46. The van der Waals surface area contributed by atoms with E-state index >= 15 is 0 Å². The number of benzene rings is 1. The number of aromatic nitrogens is 4. The lowest BCUT2D eigenvalue weighted by Gasteiger charge is -2.65. The molecule has 1 aromatic carbocycles. The molecule has 0 atom stereocenters. The van der Waals surface area contributed by atoms with Crippen LogP contribution < -0.4 is 4.90 Å². The molecular weight excluding hydrogens is 493 g/mol. The number of halogens is 1. The van der Waals surface area contributed by atoms with Crippen LogP contribution in [0.5, 0.6) is 0 Å². The molecule has 0 saturated heterocycles. The number of nitrogens with zero attached hydrogens (tertiary/aromatic N) is 5. The average Bonchev–Trinajstić information content (AvgIpc) is 3.45. The predicted molar refractivity (Wildman–Crippen MR) is 144 cm³/mol. The van der Waals surface area contributed by atoms with Gasteiger partial charge in [0.1, 0.15) is 5.67 Å². The molecule has 0 radical (unpaired) electrons. The molecule has 10 rings (SSSR count). The van der Waals surface area contributed by atoms with Crippen molar-refractivity contribution in [3.63, 3.8) is 0 Å². The van der Waals surface area contributed by atoms with Crippen molar-refractivity contribution in [3.8, 4) is 11.1 Å². The molecule has 2 aromatic heterocycles. The smallest absolute Gasteiger partial charge is 0.233 e. The van der Waals surface area contributed by atoms with Crippen LogP contribution in [0.3, 0.4) is 0 Å². The summed E-state index contributed by atoms with van der Waals surface area (Å²) in [6, 6.07) is 8.28. The van der Waals surface area contributed by atoms with Crippen LogP contribution in [0, 0.1) is 10.8 Å². The monoisotopic (exact) mass is 529 g/mol. The van der Waals surface area contributed by atoms with Gasteiger partial charge in [0, 0.05) is 41.9 Å². The van der Waals surface area contributed by atoms with Crippen LogP contribution in [0.1, 0.15) is 95.2 Å². The zero-order valence-electron chi connectivity index (χ0n) is 22.7. The van der Waals surface area contributed by atoms with Crippen molar-refractivity contribution in [3.05, 3.63) is 48.4 Å². The van der Waals surface area contributed by atoms with Gasteiger partial charge in [-0.15, -0.1) is 0 Å². The molecule has 2 heterocycles. The molecule has 0 N–H and O–H groups in total. The molecule has 7 fully saturated rings. The lowest BCUT2D eigenvalue weighted by Crippen LogP contribution is -2.71. The van der Waals surface area contributed by atoms with Gasteiger partial charge < -0.3 is 9.42 Å². The lowest BCUT2D eigenvalue weighted by atomic mass is 9.41. The Balaban J connectivity index is 1.07. The summed E-state index contributed by atoms with van der Waals surface area (Å²) < 4.78 is 22.3. The quantitative estimate of drug-likeness (QED) is 0.340. The van der Waals surface area contributed by atoms with Crippen molar-refractivity contribution in [2.24, 2.45) is 10.8 Å². The molecule has 8 heteroatoms. The van der Waals surface area contributed by atoms with Crippen molar-refractivity contribution in [2.45, 2.75) is 101 Å². The minimum Gasteiger partial charge on any atom is -0.339 e. The van der Waals surface area contributed by atoms with Crippen LogP contribution in [0.2, 0.25) is 0 Å². The van der Waals surface area contributed by atoms with E-state index in [4.69, 9.17) is 9.51 Å². The maximum absolute atomic E-state index is 14.5. The number of aryl methyl sites for hydroxylation is 1. The van der Waals surface area contributed by atoms with Gasteiger partial charge in [0.05, 0.1) is 11.6 Å². The second-order valence-electron chi connectivity index (χ2n) is 13.5. The highest BCUT2D eigenvalue weighted by Crippen LogP contribution is 2.70. The van der Waals surface area contributed by atoms with Crippen LogP contribution >= 0.6 is 0 Å². The van der Waals surface area contributed by atoms with E-state index in [9.17, 15) is 9.18 Å². The normalized spacial score (nSPS) is 34.4. The summed E-state index contributed by atoms with van der Waals surface area (Å²) in [4.78, 5) is 21.0. The number of carbonyl (C=O) groups excluding carboxylic acids is 1. The van der Waals surface area contributed by atoms with E-state index in [1.807, 2.05) is 34.1 Å². The van der Waals surface area contributed by atoms with Crippen LogP contribution in [0.4, 0.5) is 10.1 Å². The molecule has 0 unspecified atom stereocenters. The first-order valence-corrected chi connectivity index (χ1v) is 14.8. The summed E-state index contributed by atoms with van der Waals surface area (Å²) in [6.45, 7) is 3.58. The second kappa shape index (κ2) is 8.01. The number of hydrogen-bond acceptors (Lipinski definition) is 5. The van der Waals surface area contributed by atoms with E-state index in [1.165, 1.54) is 12.8 Å². The van der Waals surface area contributed by atoms with Crippen LogP contribution in [-0.2, 0) is 16.8 Å². The Labute approximate surface area is 228 Å². The highest BCUT2D eigenvalue weighted by atomic mass is 19.1. The highest BCUT2D eigenvalue weighted by Gasteiger charge is 2.73. The largest absolute Gasteiger partial charge is 0.339 e. The maximum Gasteiger partial charge on any atom is 0.233 e. The number of hydrogen-bond donors (Lipinski definition) is 0. The van der Waals surface area contributed by atoms with Gasteiger partial charge in [-0.25, -0.2) is 4.39 Å². The maximum atomic E-state index is 14.5. The van der Waals surface area contributed by atoms with E-state index in [2.05, 4.69) is 29.3 Å². The number of fused-ring (bicyclic) bond motifs is 3. The van der Waals surface area contributed by atoms with Gasteiger partial charge in [-0.1, -0.05) is 17.3 Å². The average molecular weight is 530 g/mol. The van der Waals surface area contributed by atoms with Gasteiger partial charge in [0.15, 0.2) is 5.82 Å². The summed E-state index contributed by atoms with van der Waals surface area (Å²) in [5, 5.41) is 8.75. The molecule has 0 aliphatic heterocycles. The van der Waals surface area contributed by atoms with Gasteiger partial charge in [-0.2, -0.15) is 10.1 Å². The van der Waals surface area contributed by atoms with Crippen molar-refractivity contribution < 1.29 is 13.7 Å². The standard InChI is InChI=1S/C31H36FN5O2/c1-2-36-16-23(15-33-36)22-4-3-5-24(14-22)37(27(38)30-17-31(32,18-30)19-30)20-28-8-11-29(12-9-28,13-10-28)26-34-25(35-39-26)21-6-7-21/h3-5,14-16,21H,2,6-13,17-20H2,1H3. The highest BCUT2D eigenvalue weighted by molar-refractivity contribution is 6.00. The van der Waals surface area contributed by atoms with E-state index in [1.54, 1.807) is 0 Å². The Hall–Kier alpha value is -3.03. The Morgan fingerprint density at radius 2 is 1.85 bits per heavy atom. The molecular formula is C31H36FN5O2. The fraction of sp³-hybridized carbons (Fsp3) is 0.613. The summed E-state index contributed by atoms with van der Waals surface area (Å²) in [6.07, 6.45) is 13.6. The molecule has 3 aromatic rings. The fourth-order valence-electron chi connectivity index (χ4n) is 8.11. The number of amides is 1. The summed E-state index contributed by atoms with van der Waals surface area (Å²) >= 11 is 0. The van der Waals surface area contributed by atoms with Crippen molar-refractivity contribution in [2.75, 3.05) is 11.4 Å². The molecule has 4 bridgehead atoms. The van der Waals surface area contributed by atoms with E-state index in [0.717, 1.165) is 73.6 Å². The third-order valence-electron chi connectivity index (χ3n) is 10.8. The Morgan fingerprint density at radius 3 is 2.49 bits per heavy atom. The minimum atomic E-state index is -1.10. The summed E-state index contributed by atoms with van der Waals surface area (Å²) in [5.74, 6) is 2.35. The Kier molecular flexibility index (Phi) is 4.89. The number of anilines is 1. The molecule has 204 valence electrons. The predicted octanol–water partition coefficient (Wildman–Crippen LogP) is 6.35. The molecule has 7 nitrogen and oxygen atoms in total. The number of carbonyl (C=O) groups is 1. The third-order valence-corrected chi connectivity index (χ3v) is 10.8. The second-order valence-corrected chi connectivity index (χ2v) is 13.5. The van der Waals surface area contributed by atoms with Gasteiger partial charge >= 0.3 is 0 Å². The van der Waals surface area contributed by atoms with Crippen molar-refractivity contribution in [1.82, 2.24) is 19.9 Å². The zero-order valence-corrected chi connectivity index (χ0v) is 22.7. The van der Waals surface area contributed by atoms with Crippen LogP contribution in [-0.4, -0.2) is 38.0 Å².